The fraction of sp³-hybridized carbons (Fsp3) is 0.357. The van der Waals surface area contributed by atoms with Gasteiger partial charge in [-0.15, -0.1) is 0 Å². The number of carbonyl (C=O) groups is 1. The molecule has 2 heteroatoms. The fourth-order valence-electron chi connectivity index (χ4n) is 1.36. The van der Waals surface area contributed by atoms with Crippen LogP contribution in [0.15, 0.2) is 36.4 Å². The van der Waals surface area contributed by atoms with Crippen molar-refractivity contribution in [3.63, 3.8) is 0 Å². The molecule has 0 atom stereocenters. The maximum atomic E-state index is 11.2. The molecule has 0 aliphatic heterocycles. The zero-order valence-electron chi connectivity index (χ0n) is 9.95. The average Bonchev–Trinajstić information content (AvgIpc) is 2.28. The Balaban J connectivity index is 2.49. The van der Waals surface area contributed by atoms with Crippen molar-refractivity contribution >= 4 is 5.97 Å². The van der Waals surface area contributed by atoms with Gasteiger partial charge in [0.25, 0.3) is 0 Å². The van der Waals surface area contributed by atoms with E-state index in [1.807, 2.05) is 12.1 Å². The second-order valence-corrected chi connectivity index (χ2v) is 3.92. The van der Waals surface area contributed by atoms with E-state index in [1.165, 1.54) is 5.56 Å². The summed E-state index contributed by atoms with van der Waals surface area (Å²) in [7, 11) is 0. The lowest BCUT2D eigenvalue weighted by molar-refractivity contribution is -0.140. The first kappa shape index (κ1) is 12.5. The van der Waals surface area contributed by atoms with Crippen molar-refractivity contribution in [2.75, 3.05) is 0 Å². The van der Waals surface area contributed by atoms with Gasteiger partial charge in [-0.2, -0.15) is 0 Å². The van der Waals surface area contributed by atoms with Crippen LogP contribution >= 0.6 is 0 Å². The molecule has 0 fully saturated rings. The quantitative estimate of drug-likeness (QED) is 0.560. The van der Waals surface area contributed by atoms with E-state index in [1.54, 1.807) is 6.92 Å². The molecule has 1 rings (SSSR count). The van der Waals surface area contributed by atoms with Crippen LogP contribution in [0.2, 0.25) is 0 Å². The molecular formula is C14H18O2. The van der Waals surface area contributed by atoms with Crippen LogP contribution in [0.4, 0.5) is 0 Å². The number of benzene rings is 1. The van der Waals surface area contributed by atoms with Gasteiger partial charge >= 0.3 is 5.97 Å². The first-order valence-electron chi connectivity index (χ1n) is 5.54. The van der Waals surface area contributed by atoms with Crippen LogP contribution in [0.3, 0.4) is 0 Å². The maximum Gasteiger partial charge on any atom is 0.333 e. The first-order chi connectivity index (χ1) is 7.63. The van der Waals surface area contributed by atoms with Gasteiger partial charge in [0.2, 0.25) is 0 Å². The van der Waals surface area contributed by atoms with Gasteiger partial charge in [0.15, 0.2) is 0 Å². The van der Waals surface area contributed by atoms with Crippen molar-refractivity contribution < 1.29 is 9.53 Å². The molecule has 0 unspecified atom stereocenters. The molecule has 0 bridgehead atoms. The van der Waals surface area contributed by atoms with E-state index < -0.39 is 0 Å². The van der Waals surface area contributed by atoms with Gasteiger partial charge in [-0.05, 0) is 24.5 Å². The number of aryl methyl sites for hydroxylation is 1. The molecule has 0 aliphatic carbocycles. The molecule has 0 amide bonds. The van der Waals surface area contributed by atoms with Crippen molar-refractivity contribution in [3.05, 3.63) is 47.5 Å². The summed E-state index contributed by atoms with van der Waals surface area (Å²) in [5.41, 5.74) is 2.76. The highest BCUT2D eigenvalue weighted by Gasteiger charge is 2.03. The zero-order valence-corrected chi connectivity index (χ0v) is 9.95. The van der Waals surface area contributed by atoms with E-state index in [2.05, 4.69) is 25.6 Å². The molecule has 1 aromatic rings. The summed E-state index contributed by atoms with van der Waals surface area (Å²) in [6.45, 7) is 7.65. The zero-order chi connectivity index (χ0) is 12.0. The lowest BCUT2D eigenvalue weighted by Crippen LogP contribution is -2.04. The summed E-state index contributed by atoms with van der Waals surface area (Å²) in [4.78, 5) is 11.2. The monoisotopic (exact) mass is 218 g/mol. The Morgan fingerprint density at radius 3 is 2.31 bits per heavy atom. The van der Waals surface area contributed by atoms with Crippen LogP contribution in [0.25, 0.3) is 0 Å². The Kier molecular flexibility index (Phi) is 4.77. The predicted octanol–water partition coefficient (Wildman–Crippen LogP) is 3.26. The highest BCUT2D eigenvalue weighted by atomic mass is 16.5. The van der Waals surface area contributed by atoms with E-state index in [-0.39, 0.29) is 5.97 Å². The highest BCUT2D eigenvalue weighted by Crippen LogP contribution is 2.08. The number of esters is 1. The van der Waals surface area contributed by atoms with Gasteiger partial charge < -0.3 is 4.74 Å². The predicted molar refractivity (Wildman–Crippen MR) is 65.0 cm³/mol. The molecule has 0 radical (unpaired) electrons. The molecule has 0 aromatic heterocycles. The van der Waals surface area contributed by atoms with E-state index in [9.17, 15) is 4.79 Å². The summed E-state index contributed by atoms with van der Waals surface area (Å²) < 4.78 is 5.05. The minimum absolute atomic E-state index is 0.318. The van der Waals surface area contributed by atoms with E-state index in [0.717, 1.165) is 18.4 Å². The van der Waals surface area contributed by atoms with Crippen LogP contribution in [0, 0.1) is 0 Å². The smallest absolute Gasteiger partial charge is 0.333 e. The lowest BCUT2D eigenvalue weighted by Gasteiger charge is -2.05. The summed E-state index contributed by atoms with van der Waals surface area (Å²) in [6.07, 6.45) is 2.23. The summed E-state index contributed by atoms with van der Waals surface area (Å²) in [5, 5.41) is 0. The highest BCUT2D eigenvalue weighted by molar-refractivity contribution is 5.86. The van der Waals surface area contributed by atoms with E-state index in [0.29, 0.717) is 12.2 Å². The van der Waals surface area contributed by atoms with Gasteiger partial charge in [0.05, 0.1) is 0 Å². The molecule has 0 saturated carbocycles. The van der Waals surface area contributed by atoms with Crippen LogP contribution in [0.1, 0.15) is 31.4 Å². The molecule has 0 saturated heterocycles. The Morgan fingerprint density at radius 1 is 1.25 bits per heavy atom. The fourth-order valence-corrected chi connectivity index (χ4v) is 1.36. The van der Waals surface area contributed by atoms with Crippen molar-refractivity contribution in [2.24, 2.45) is 0 Å². The van der Waals surface area contributed by atoms with E-state index >= 15 is 0 Å². The molecule has 86 valence electrons. The number of hydrogen-bond acceptors (Lipinski definition) is 2. The van der Waals surface area contributed by atoms with Gasteiger partial charge in [-0.3, -0.25) is 0 Å². The van der Waals surface area contributed by atoms with Crippen LogP contribution < -0.4 is 0 Å². The maximum absolute atomic E-state index is 11.2. The average molecular weight is 218 g/mol. The number of hydrogen-bond donors (Lipinski definition) is 0. The van der Waals surface area contributed by atoms with Crippen molar-refractivity contribution in [3.8, 4) is 0 Å². The standard InChI is InChI=1S/C14H18O2/c1-4-5-12-6-8-13(9-7-12)10-16-14(15)11(2)3/h6-9H,2,4-5,10H2,1,3H3. The summed E-state index contributed by atoms with van der Waals surface area (Å²) in [5.74, 6) is -0.336. The minimum atomic E-state index is -0.336. The molecule has 16 heavy (non-hydrogen) atoms. The van der Waals surface area contributed by atoms with E-state index in [4.69, 9.17) is 4.74 Å². The Hall–Kier alpha value is -1.57. The molecule has 2 nitrogen and oxygen atoms in total. The number of ether oxygens (including phenoxy) is 1. The van der Waals surface area contributed by atoms with Crippen LogP contribution in [0.5, 0.6) is 0 Å². The summed E-state index contributed by atoms with van der Waals surface area (Å²) >= 11 is 0. The van der Waals surface area contributed by atoms with Crippen molar-refractivity contribution in [1.29, 1.82) is 0 Å². The van der Waals surface area contributed by atoms with Gasteiger partial charge in [-0.25, -0.2) is 4.79 Å². The molecule has 0 spiro atoms. The molecule has 0 heterocycles. The van der Waals surface area contributed by atoms with Gasteiger partial charge in [0, 0.05) is 5.57 Å². The van der Waals surface area contributed by atoms with Crippen molar-refractivity contribution in [2.45, 2.75) is 33.3 Å². The molecule has 0 N–H and O–H groups in total. The van der Waals surface area contributed by atoms with Gasteiger partial charge in [0.1, 0.15) is 6.61 Å². The first-order valence-corrected chi connectivity index (χ1v) is 5.54. The Morgan fingerprint density at radius 2 is 1.81 bits per heavy atom. The van der Waals surface area contributed by atoms with Gasteiger partial charge in [-0.1, -0.05) is 44.2 Å². The molecule has 1 aromatic carbocycles. The SMILES string of the molecule is C=C(C)C(=O)OCc1ccc(CCC)cc1. The van der Waals surface area contributed by atoms with Crippen molar-refractivity contribution in [1.82, 2.24) is 0 Å². The lowest BCUT2D eigenvalue weighted by atomic mass is 10.1. The Bertz CT molecular complexity index is 363. The second-order valence-electron chi connectivity index (χ2n) is 3.92. The topological polar surface area (TPSA) is 26.3 Å². The van der Waals surface area contributed by atoms with Crippen LogP contribution in [-0.2, 0) is 22.6 Å². The third-order valence-corrected chi connectivity index (χ3v) is 2.28. The number of carbonyl (C=O) groups excluding carboxylic acids is 1. The molecular weight excluding hydrogens is 200 g/mol. The second kappa shape index (κ2) is 6.11. The molecule has 0 aliphatic rings. The summed E-state index contributed by atoms with van der Waals surface area (Å²) in [6, 6.07) is 8.15. The van der Waals surface area contributed by atoms with Crippen LogP contribution in [-0.4, -0.2) is 5.97 Å². The normalized spacial score (nSPS) is 9.88. The minimum Gasteiger partial charge on any atom is -0.457 e. The third-order valence-electron chi connectivity index (χ3n) is 2.28. The largest absolute Gasteiger partial charge is 0.457 e. The third kappa shape index (κ3) is 3.89. The number of rotatable bonds is 5. The Labute approximate surface area is 96.9 Å².